The van der Waals surface area contributed by atoms with Crippen LogP contribution < -0.4 is 0 Å². The summed E-state index contributed by atoms with van der Waals surface area (Å²) in [4.78, 5) is 15.0. The summed E-state index contributed by atoms with van der Waals surface area (Å²) in [5, 5.41) is 4.24. The minimum absolute atomic E-state index is 0.549. The molecule has 0 bridgehead atoms. The number of furan rings is 2. The number of hydrogen-bond acceptors (Lipinski definition) is 5. The average Bonchev–Trinajstić information content (AvgIpc) is 3.66. The topological polar surface area (TPSA) is 65.0 Å². The Morgan fingerprint density at radius 1 is 0.341 bits per heavy atom. The molecule has 3 aromatic heterocycles. The lowest BCUT2D eigenvalue weighted by Crippen LogP contribution is -2.00. The Kier molecular flexibility index (Phi) is 5.43. The fourth-order valence-corrected chi connectivity index (χ4v) is 5.99. The summed E-state index contributed by atoms with van der Waals surface area (Å²) >= 11 is 0. The number of para-hydroxylation sites is 2. The molecule has 0 spiro atoms. The van der Waals surface area contributed by atoms with E-state index in [2.05, 4.69) is 42.5 Å². The van der Waals surface area contributed by atoms with Crippen molar-refractivity contribution in [2.75, 3.05) is 0 Å². The van der Waals surface area contributed by atoms with Crippen LogP contribution in [0.4, 0.5) is 0 Å². The largest absolute Gasteiger partial charge is 0.456 e. The SMILES string of the molecule is c1ccc(-c2nc(-c3ccccc3)nc(-c3cc(-c4ccc5c(c4)oc4ccccc45)cc4c3oc3ccccc34)n2)cc1. The molecular weight excluding hydrogens is 542 g/mol. The van der Waals surface area contributed by atoms with Crippen molar-refractivity contribution < 1.29 is 8.83 Å². The number of aromatic nitrogens is 3. The monoisotopic (exact) mass is 565 g/mol. The first-order valence-electron chi connectivity index (χ1n) is 14.5. The Bertz CT molecular complexity index is 2440. The van der Waals surface area contributed by atoms with E-state index in [1.165, 1.54) is 0 Å². The van der Waals surface area contributed by atoms with Gasteiger partial charge in [-0.2, -0.15) is 0 Å². The lowest BCUT2D eigenvalue weighted by molar-refractivity contribution is 0.669. The Morgan fingerprint density at radius 2 is 0.886 bits per heavy atom. The van der Waals surface area contributed by atoms with Crippen molar-refractivity contribution in [2.45, 2.75) is 0 Å². The molecule has 206 valence electrons. The molecule has 0 aliphatic rings. The van der Waals surface area contributed by atoms with E-state index >= 15 is 0 Å². The van der Waals surface area contributed by atoms with Crippen molar-refractivity contribution in [3.8, 4) is 45.3 Å². The summed E-state index contributed by atoms with van der Waals surface area (Å²) in [6, 6.07) is 47.0. The van der Waals surface area contributed by atoms with Crippen LogP contribution in [-0.2, 0) is 0 Å². The minimum Gasteiger partial charge on any atom is -0.456 e. The Morgan fingerprint density at radius 3 is 1.57 bits per heavy atom. The van der Waals surface area contributed by atoms with E-state index in [1.807, 2.05) is 97.1 Å². The fraction of sp³-hybridized carbons (Fsp3) is 0. The first-order chi connectivity index (χ1) is 21.8. The van der Waals surface area contributed by atoms with E-state index in [0.29, 0.717) is 17.5 Å². The van der Waals surface area contributed by atoms with E-state index < -0.39 is 0 Å². The Balaban J connectivity index is 1.32. The molecule has 44 heavy (non-hydrogen) atoms. The highest BCUT2D eigenvalue weighted by atomic mass is 16.3. The van der Waals surface area contributed by atoms with Crippen LogP contribution >= 0.6 is 0 Å². The molecule has 0 N–H and O–H groups in total. The lowest BCUT2D eigenvalue weighted by Gasteiger charge is -2.10. The van der Waals surface area contributed by atoms with Crippen molar-refractivity contribution >= 4 is 43.9 Å². The quantitative estimate of drug-likeness (QED) is 0.212. The maximum absolute atomic E-state index is 6.51. The fourth-order valence-electron chi connectivity index (χ4n) is 5.99. The Hall–Kier alpha value is -6.07. The molecule has 0 radical (unpaired) electrons. The first kappa shape index (κ1) is 24.5. The summed E-state index contributed by atoms with van der Waals surface area (Å²) in [5.74, 6) is 1.76. The Labute approximate surface area is 252 Å². The third kappa shape index (κ3) is 3.98. The van der Waals surface area contributed by atoms with Crippen LogP contribution in [0.25, 0.3) is 89.2 Å². The van der Waals surface area contributed by atoms with Gasteiger partial charge in [-0.25, -0.2) is 15.0 Å². The number of benzene rings is 6. The van der Waals surface area contributed by atoms with Gasteiger partial charge in [0.15, 0.2) is 17.5 Å². The van der Waals surface area contributed by atoms with Gasteiger partial charge in [-0.1, -0.05) is 103 Å². The van der Waals surface area contributed by atoms with Crippen molar-refractivity contribution in [3.05, 3.63) is 140 Å². The summed E-state index contributed by atoms with van der Waals surface area (Å²) in [6.07, 6.45) is 0. The molecule has 0 aliphatic heterocycles. The molecule has 0 fully saturated rings. The van der Waals surface area contributed by atoms with Gasteiger partial charge in [-0.05, 0) is 47.5 Å². The van der Waals surface area contributed by atoms with Gasteiger partial charge in [0.25, 0.3) is 0 Å². The zero-order valence-corrected chi connectivity index (χ0v) is 23.4. The number of fused-ring (bicyclic) bond motifs is 6. The molecule has 9 aromatic rings. The summed E-state index contributed by atoms with van der Waals surface area (Å²) in [7, 11) is 0. The van der Waals surface area contributed by atoms with Crippen molar-refractivity contribution in [1.82, 2.24) is 15.0 Å². The third-order valence-electron chi connectivity index (χ3n) is 8.13. The lowest BCUT2D eigenvalue weighted by atomic mass is 9.98. The molecule has 0 aliphatic carbocycles. The van der Waals surface area contributed by atoms with Crippen LogP contribution in [0.3, 0.4) is 0 Å². The third-order valence-corrected chi connectivity index (χ3v) is 8.13. The zero-order valence-electron chi connectivity index (χ0n) is 23.4. The standard InChI is InChI=1S/C39H23N3O2/c1-3-11-24(12-4-1)37-40-38(25-13-5-2-6-14-25)42-39(41-37)32-22-27(21-31-29-16-8-10-18-34(29)44-36(31)32)26-19-20-30-28-15-7-9-17-33(28)43-35(30)23-26/h1-23H. The second-order valence-electron chi connectivity index (χ2n) is 10.8. The molecule has 5 nitrogen and oxygen atoms in total. The molecule has 0 unspecified atom stereocenters. The zero-order chi connectivity index (χ0) is 29.0. The molecule has 9 rings (SSSR count). The molecule has 0 saturated carbocycles. The highest BCUT2D eigenvalue weighted by Gasteiger charge is 2.20. The molecule has 6 aromatic carbocycles. The highest BCUT2D eigenvalue weighted by Crippen LogP contribution is 2.40. The van der Waals surface area contributed by atoms with Gasteiger partial charge >= 0.3 is 0 Å². The highest BCUT2D eigenvalue weighted by molar-refractivity contribution is 6.11. The van der Waals surface area contributed by atoms with Crippen molar-refractivity contribution in [3.63, 3.8) is 0 Å². The molecule has 5 heteroatoms. The maximum Gasteiger partial charge on any atom is 0.167 e. The summed E-state index contributed by atoms with van der Waals surface area (Å²) in [5.41, 5.74) is 7.97. The normalized spacial score (nSPS) is 11.6. The molecule has 0 saturated heterocycles. The number of hydrogen-bond donors (Lipinski definition) is 0. The van der Waals surface area contributed by atoms with Crippen LogP contribution in [0.15, 0.2) is 148 Å². The van der Waals surface area contributed by atoms with Crippen molar-refractivity contribution in [2.24, 2.45) is 0 Å². The van der Waals surface area contributed by atoms with E-state index in [9.17, 15) is 0 Å². The van der Waals surface area contributed by atoms with Gasteiger partial charge in [0.2, 0.25) is 0 Å². The van der Waals surface area contributed by atoms with E-state index in [-0.39, 0.29) is 0 Å². The van der Waals surface area contributed by atoms with Crippen LogP contribution in [0, 0.1) is 0 Å². The summed E-state index contributed by atoms with van der Waals surface area (Å²) in [6.45, 7) is 0. The van der Waals surface area contributed by atoms with Gasteiger partial charge in [0.05, 0.1) is 5.56 Å². The van der Waals surface area contributed by atoms with E-state index in [4.69, 9.17) is 23.8 Å². The second kappa shape index (κ2) is 9.75. The molecular formula is C39H23N3O2. The first-order valence-corrected chi connectivity index (χ1v) is 14.5. The van der Waals surface area contributed by atoms with Gasteiger partial charge in [0.1, 0.15) is 22.3 Å². The smallest absolute Gasteiger partial charge is 0.167 e. The average molecular weight is 566 g/mol. The second-order valence-corrected chi connectivity index (χ2v) is 10.8. The minimum atomic E-state index is 0.549. The number of nitrogens with zero attached hydrogens (tertiary/aromatic N) is 3. The summed E-state index contributed by atoms with van der Waals surface area (Å²) < 4.78 is 12.8. The van der Waals surface area contributed by atoms with Gasteiger partial charge in [-0.15, -0.1) is 0 Å². The predicted octanol–water partition coefficient (Wildman–Crippen LogP) is 10.3. The maximum atomic E-state index is 6.51. The van der Waals surface area contributed by atoms with Crippen LogP contribution in [-0.4, -0.2) is 15.0 Å². The van der Waals surface area contributed by atoms with E-state index in [1.54, 1.807) is 0 Å². The van der Waals surface area contributed by atoms with E-state index in [0.717, 1.165) is 71.7 Å². The van der Waals surface area contributed by atoms with Gasteiger partial charge in [0, 0.05) is 32.7 Å². The van der Waals surface area contributed by atoms with Gasteiger partial charge < -0.3 is 8.83 Å². The van der Waals surface area contributed by atoms with Crippen LogP contribution in [0.2, 0.25) is 0 Å². The molecule has 0 atom stereocenters. The van der Waals surface area contributed by atoms with Crippen molar-refractivity contribution in [1.29, 1.82) is 0 Å². The number of rotatable bonds is 4. The molecule has 3 heterocycles. The van der Waals surface area contributed by atoms with Crippen LogP contribution in [0.1, 0.15) is 0 Å². The van der Waals surface area contributed by atoms with Gasteiger partial charge in [-0.3, -0.25) is 0 Å². The molecule has 0 amide bonds. The van der Waals surface area contributed by atoms with Crippen LogP contribution in [0.5, 0.6) is 0 Å². The predicted molar refractivity (Wildman–Crippen MR) is 176 cm³/mol.